The third-order valence-corrected chi connectivity index (χ3v) is 1.93. The summed E-state index contributed by atoms with van der Waals surface area (Å²) in [7, 11) is 0. The Kier molecular flexibility index (Phi) is 3.19. The normalized spacial score (nSPS) is 13.1. The third-order valence-electron chi connectivity index (χ3n) is 1.93. The van der Waals surface area contributed by atoms with Crippen LogP contribution in [0.1, 0.15) is 30.4 Å². The van der Waals surface area contributed by atoms with Crippen molar-refractivity contribution in [2.75, 3.05) is 0 Å². The van der Waals surface area contributed by atoms with Gasteiger partial charge in [-0.15, -0.1) is 0 Å². The van der Waals surface area contributed by atoms with Crippen LogP contribution in [0.5, 0.6) is 0 Å². The molecule has 0 radical (unpaired) electrons. The second kappa shape index (κ2) is 4.19. The van der Waals surface area contributed by atoms with E-state index in [9.17, 15) is 4.79 Å². The fourth-order valence-electron chi connectivity index (χ4n) is 0.862. The molecule has 6 heteroatoms. The first-order valence-electron chi connectivity index (χ1n) is 4.32. The topological polar surface area (TPSA) is 102 Å². The van der Waals surface area contributed by atoms with E-state index in [-0.39, 0.29) is 23.7 Å². The van der Waals surface area contributed by atoms with Crippen LogP contribution in [0.4, 0.5) is 0 Å². The summed E-state index contributed by atoms with van der Waals surface area (Å²) in [5, 5.41) is 11.8. The molecular weight excluding hydrogens is 186 g/mol. The van der Waals surface area contributed by atoms with Gasteiger partial charge in [0, 0.05) is 12.5 Å². The highest BCUT2D eigenvalue weighted by atomic mass is 16.5. The van der Waals surface area contributed by atoms with E-state index >= 15 is 0 Å². The Morgan fingerprint density at radius 3 is 2.71 bits per heavy atom. The van der Waals surface area contributed by atoms with Crippen LogP contribution in [0.2, 0.25) is 0 Å². The first-order chi connectivity index (χ1) is 6.50. The van der Waals surface area contributed by atoms with E-state index in [1.807, 2.05) is 13.8 Å². The molecule has 78 valence electrons. The fraction of sp³-hybridized carbons (Fsp3) is 0.625. The average molecular weight is 199 g/mol. The standard InChI is InChI=1S/C8H13N3O3/c1-4(2)5(9)3-6-10-7(8(12)13)11-14-6/h4-5H,3,9H2,1-2H3,(H,12,13). The van der Waals surface area contributed by atoms with Gasteiger partial charge in [0.1, 0.15) is 0 Å². The number of hydrogen-bond acceptors (Lipinski definition) is 5. The van der Waals surface area contributed by atoms with Crippen molar-refractivity contribution >= 4 is 5.97 Å². The lowest BCUT2D eigenvalue weighted by molar-refractivity contribution is 0.0680. The van der Waals surface area contributed by atoms with Crippen LogP contribution in [-0.4, -0.2) is 27.3 Å². The number of nitrogens with two attached hydrogens (primary N) is 1. The molecule has 0 saturated carbocycles. The smallest absolute Gasteiger partial charge is 0.377 e. The molecule has 1 unspecified atom stereocenters. The van der Waals surface area contributed by atoms with Crippen molar-refractivity contribution in [2.24, 2.45) is 11.7 Å². The van der Waals surface area contributed by atoms with Gasteiger partial charge >= 0.3 is 5.97 Å². The SMILES string of the molecule is CC(C)C(N)Cc1nc(C(=O)O)no1. The summed E-state index contributed by atoms with van der Waals surface area (Å²) in [5.74, 6) is -0.965. The lowest BCUT2D eigenvalue weighted by atomic mass is 10.0. The number of carbonyl (C=O) groups is 1. The van der Waals surface area contributed by atoms with Crippen molar-refractivity contribution in [2.45, 2.75) is 26.3 Å². The molecule has 0 aliphatic carbocycles. The van der Waals surface area contributed by atoms with Gasteiger partial charge in [-0.3, -0.25) is 0 Å². The summed E-state index contributed by atoms with van der Waals surface area (Å²) in [6, 6.07) is -0.0999. The Labute approximate surface area is 81.1 Å². The Morgan fingerprint density at radius 1 is 1.64 bits per heavy atom. The van der Waals surface area contributed by atoms with E-state index in [0.29, 0.717) is 6.42 Å². The summed E-state index contributed by atoms with van der Waals surface area (Å²) in [4.78, 5) is 14.1. The lowest BCUT2D eigenvalue weighted by Gasteiger charge is -2.11. The number of aromatic nitrogens is 2. The molecule has 14 heavy (non-hydrogen) atoms. The average Bonchev–Trinajstić information content (AvgIpc) is 2.52. The van der Waals surface area contributed by atoms with Crippen molar-refractivity contribution in [1.82, 2.24) is 10.1 Å². The zero-order valence-electron chi connectivity index (χ0n) is 8.10. The van der Waals surface area contributed by atoms with Crippen molar-refractivity contribution < 1.29 is 14.4 Å². The second-order valence-electron chi connectivity index (χ2n) is 3.43. The van der Waals surface area contributed by atoms with Gasteiger partial charge in [-0.25, -0.2) is 4.79 Å². The van der Waals surface area contributed by atoms with Crippen LogP contribution < -0.4 is 5.73 Å². The van der Waals surface area contributed by atoms with Gasteiger partial charge in [0.2, 0.25) is 5.89 Å². The number of hydrogen-bond donors (Lipinski definition) is 2. The Balaban J connectivity index is 2.64. The largest absolute Gasteiger partial charge is 0.475 e. The quantitative estimate of drug-likeness (QED) is 0.722. The highest BCUT2D eigenvalue weighted by molar-refractivity contribution is 5.82. The minimum absolute atomic E-state index is 0.0999. The molecule has 0 saturated heterocycles. The molecule has 1 heterocycles. The monoisotopic (exact) mass is 199 g/mol. The molecule has 0 aromatic carbocycles. The van der Waals surface area contributed by atoms with Crippen molar-refractivity contribution in [3.63, 3.8) is 0 Å². The van der Waals surface area contributed by atoms with E-state index in [1.54, 1.807) is 0 Å². The lowest BCUT2D eigenvalue weighted by Crippen LogP contribution is -2.28. The zero-order chi connectivity index (χ0) is 10.7. The minimum atomic E-state index is -1.20. The van der Waals surface area contributed by atoms with Gasteiger partial charge in [0.05, 0.1) is 0 Å². The highest BCUT2D eigenvalue weighted by Gasteiger charge is 2.16. The fourth-order valence-corrected chi connectivity index (χ4v) is 0.862. The molecule has 0 fully saturated rings. The second-order valence-corrected chi connectivity index (χ2v) is 3.43. The predicted octanol–water partition coefficient (Wildman–Crippen LogP) is 0.294. The first-order valence-corrected chi connectivity index (χ1v) is 4.32. The Hall–Kier alpha value is -1.43. The van der Waals surface area contributed by atoms with Crippen LogP contribution >= 0.6 is 0 Å². The molecule has 0 aliphatic rings. The maximum atomic E-state index is 10.4. The van der Waals surface area contributed by atoms with Gasteiger partial charge in [-0.2, -0.15) is 4.98 Å². The van der Waals surface area contributed by atoms with Gasteiger partial charge < -0.3 is 15.4 Å². The molecule has 0 aliphatic heterocycles. The molecule has 0 amide bonds. The van der Waals surface area contributed by atoms with Crippen molar-refractivity contribution in [1.29, 1.82) is 0 Å². The predicted molar refractivity (Wildman–Crippen MR) is 47.8 cm³/mol. The Morgan fingerprint density at radius 2 is 2.29 bits per heavy atom. The molecule has 0 bridgehead atoms. The molecule has 1 aromatic rings. The van der Waals surface area contributed by atoms with Crippen LogP contribution in [0, 0.1) is 5.92 Å². The van der Waals surface area contributed by atoms with E-state index in [2.05, 4.69) is 10.1 Å². The summed E-state index contributed by atoms with van der Waals surface area (Å²) < 4.78 is 4.72. The summed E-state index contributed by atoms with van der Waals surface area (Å²) >= 11 is 0. The van der Waals surface area contributed by atoms with Crippen LogP contribution in [0.15, 0.2) is 4.52 Å². The summed E-state index contributed by atoms with van der Waals surface area (Å²) in [6.07, 6.45) is 0.401. The summed E-state index contributed by atoms with van der Waals surface area (Å²) in [5.41, 5.74) is 5.76. The number of carboxylic acids is 1. The van der Waals surface area contributed by atoms with E-state index in [4.69, 9.17) is 15.4 Å². The highest BCUT2D eigenvalue weighted by Crippen LogP contribution is 2.06. The van der Waals surface area contributed by atoms with Gasteiger partial charge in [-0.05, 0) is 11.1 Å². The molecular formula is C8H13N3O3. The van der Waals surface area contributed by atoms with Crippen molar-refractivity contribution in [3.8, 4) is 0 Å². The van der Waals surface area contributed by atoms with Crippen LogP contribution in [0.25, 0.3) is 0 Å². The van der Waals surface area contributed by atoms with Crippen LogP contribution in [0.3, 0.4) is 0 Å². The molecule has 1 rings (SSSR count). The number of rotatable bonds is 4. The maximum absolute atomic E-state index is 10.4. The van der Waals surface area contributed by atoms with E-state index < -0.39 is 5.97 Å². The van der Waals surface area contributed by atoms with Gasteiger partial charge in [-0.1, -0.05) is 13.8 Å². The van der Waals surface area contributed by atoms with Crippen molar-refractivity contribution in [3.05, 3.63) is 11.7 Å². The number of nitrogens with zero attached hydrogens (tertiary/aromatic N) is 2. The van der Waals surface area contributed by atoms with Gasteiger partial charge in [0.25, 0.3) is 5.82 Å². The molecule has 0 spiro atoms. The van der Waals surface area contributed by atoms with E-state index in [1.165, 1.54) is 0 Å². The molecule has 6 nitrogen and oxygen atoms in total. The van der Waals surface area contributed by atoms with Crippen LogP contribution in [-0.2, 0) is 6.42 Å². The molecule has 1 atom stereocenters. The maximum Gasteiger partial charge on any atom is 0.377 e. The number of aromatic carboxylic acids is 1. The Bertz CT molecular complexity index is 321. The summed E-state index contributed by atoms with van der Waals surface area (Å²) in [6.45, 7) is 3.94. The minimum Gasteiger partial charge on any atom is -0.475 e. The first kappa shape index (κ1) is 10.6. The number of carboxylic acid groups (broad SMARTS) is 1. The van der Waals surface area contributed by atoms with Gasteiger partial charge in [0.15, 0.2) is 0 Å². The molecule has 1 aromatic heterocycles. The molecule has 3 N–H and O–H groups in total. The van der Waals surface area contributed by atoms with E-state index in [0.717, 1.165) is 0 Å². The third kappa shape index (κ3) is 2.53. The zero-order valence-corrected chi connectivity index (χ0v) is 8.10.